The first kappa shape index (κ1) is 9.27. The molecule has 0 bridgehead atoms. The highest BCUT2D eigenvalue weighted by atomic mass is 19.4. The fraction of sp³-hybridized carbons (Fsp3) is 0.200. The van der Waals surface area contributed by atoms with Crippen LogP contribution in [0.25, 0.3) is 6.08 Å². The molecule has 0 radical (unpaired) electrons. The number of hydrogen-bond donors (Lipinski definition) is 1. The predicted molar refractivity (Wildman–Crippen MR) is 45.4 cm³/mol. The van der Waals surface area contributed by atoms with E-state index < -0.39 is 11.8 Å². The summed E-state index contributed by atoms with van der Waals surface area (Å²) in [6.07, 6.45) is -2.61. The van der Waals surface area contributed by atoms with Crippen LogP contribution in [0.15, 0.2) is 30.3 Å². The van der Waals surface area contributed by atoms with Crippen LogP contribution in [0.3, 0.4) is 0 Å². The van der Waals surface area contributed by atoms with Gasteiger partial charge in [0.05, 0.1) is 0 Å². The van der Waals surface area contributed by atoms with E-state index in [0.717, 1.165) is 6.08 Å². The number of halogens is 3. The van der Waals surface area contributed by atoms with Gasteiger partial charge in [-0.3, -0.25) is 0 Å². The highest BCUT2D eigenvalue weighted by Gasteiger charge is 2.55. The number of benzene rings is 1. The molecule has 1 aromatic rings. The number of aliphatic hydroxyl groups is 1. The third-order valence-corrected chi connectivity index (χ3v) is 2.31. The minimum atomic E-state index is -4.67. The average molecular weight is 200 g/mol. The summed E-state index contributed by atoms with van der Waals surface area (Å²) in [6.45, 7) is 0. The van der Waals surface area contributed by atoms with Crippen molar-refractivity contribution in [2.75, 3.05) is 0 Å². The second-order valence-electron chi connectivity index (χ2n) is 3.18. The zero-order valence-electron chi connectivity index (χ0n) is 7.05. The Morgan fingerprint density at radius 3 is 2.43 bits per heavy atom. The highest BCUT2D eigenvalue weighted by molar-refractivity contribution is 5.64. The van der Waals surface area contributed by atoms with Crippen LogP contribution in [0.1, 0.15) is 11.1 Å². The lowest BCUT2D eigenvalue weighted by Gasteiger charge is -2.25. The first-order valence-corrected chi connectivity index (χ1v) is 4.03. The van der Waals surface area contributed by atoms with Gasteiger partial charge < -0.3 is 5.11 Å². The summed E-state index contributed by atoms with van der Waals surface area (Å²) >= 11 is 0. The van der Waals surface area contributed by atoms with Crippen molar-refractivity contribution < 1.29 is 18.3 Å². The molecule has 4 heteroatoms. The molecule has 0 saturated carbocycles. The minimum absolute atomic E-state index is 0.104. The van der Waals surface area contributed by atoms with Gasteiger partial charge in [-0.15, -0.1) is 0 Å². The smallest absolute Gasteiger partial charge is 0.373 e. The molecule has 2 rings (SSSR count). The maximum Gasteiger partial charge on any atom is 0.425 e. The number of fused-ring (bicyclic) bond motifs is 1. The van der Waals surface area contributed by atoms with Crippen LogP contribution in [-0.2, 0) is 5.60 Å². The van der Waals surface area contributed by atoms with Crippen LogP contribution >= 0.6 is 0 Å². The van der Waals surface area contributed by atoms with E-state index in [-0.39, 0.29) is 5.56 Å². The fourth-order valence-electron chi connectivity index (χ4n) is 1.54. The number of rotatable bonds is 0. The van der Waals surface area contributed by atoms with Gasteiger partial charge in [0, 0.05) is 5.56 Å². The van der Waals surface area contributed by atoms with Gasteiger partial charge >= 0.3 is 6.18 Å². The van der Waals surface area contributed by atoms with Gasteiger partial charge in [0.25, 0.3) is 0 Å². The Morgan fingerprint density at radius 2 is 1.79 bits per heavy atom. The summed E-state index contributed by atoms with van der Waals surface area (Å²) in [4.78, 5) is 0. The summed E-state index contributed by atoms with van der Waals surface area (Å²) in [7, 11) is 0. The Bertz CT molecular complexity index is 395. The van der Waals surface area contributed by atoms with E-state index in [4.69, 9.17) is 0 Å². The molecule has 14 heavy (non-hydrogen) atoms. The van der Waals surface area contributed by atoms with E-state index in [1.54, 1.807) is 6.07 Å². The molecule has 1 N–H and O–H groups in total. The van der Waals surface area contributed by atoms with E-state index in [0.29, 0.717) is 5.56 Å². The third kappa shape index (κ3) is 1.07. The van der Waals surface area contributed by atoms with Gasteiger partial charge in [0.2, 0.25) is 5.60 Å². The van der Waals surface area contributed by atoms with E-state index in [1.165, 1.54) is 24.3 Å². The Balaban J connectivity index is 2.59. The fourth-order valence-corrected chi connectivity index (χ4v) is 1.54. The van der Waals surface area contributed by atoms with Crippen LogP contribution in [0.2, 0.25) is 0 Å². The molecule has 0 fully saturated rings. The quantitative estimate of drug-likeness (QED) is 0.682. The Morgan fingerprint density at radius 1 is 1.14 bits per heavy atom. The van der Waals surface area contributed by atoms with Crippen molar-refractivity contribution in [3.8, 4) is 0 Å². The van der Waals surface area contributed by atoms with E-state index in [1.807, 2.05) is 0 Å². The van der Waals surface area contributed by atoms with Crippen LogP contribution in [0.4, 0.5) is 13.2 Å². The van der Waals surface area contributed by atoms with E-state index in [2.05, 4.69) is 0 Å². The van der Waals surface area contributed by atoms with Gasteiger partial charge in [-0.25, -0.2) is 0 Å². The second-order valence-corrected chi connectivity index (χ2v) is 3.18. The molecule has 0 aliphatic heterocycles. The van der Waals surface area contributed by atoms with Gasteiger partial charge in [-0.05, 0) is 11.6 Å². The molecule has 1 atom stereocenters. The van der Waals surface area contributed by atoms with Crippen molar-refractivity contribution >= 4 is 6.08 Å². The molecule has 1 aliphatic rings. The van der Waals surface area contributed by atoms with Gasteiger partial charge in [-0.2, -0.15) is 13.2 Å². The van der Waals surface area contributed by atoms with E-state index in [9.17, 15) is 18.3 Å². The predicted octanol–water partition coefficient (Wildman–Crippen LogP) is 2.46. The normalized spacial score (nSPS) is 25.1. The van der Waals surface area contributed by atoms with Crippen molar-refractivity contribution in [2.24, 2.45) is 0 Å². The van der Waals surface area contributed by atoms with E-state index >= 15 is 0 Å². The lowest BCUT2D eigenvalue weighted by molar-refractivity contribution is -0.244. The maximum atomic E-state index is 12.5. The second kappa shape index (κ2) is 2.60. The topological polar surface area (TPSA) is 20.2 Å². The van der Waals surface area contributed by atoms with Crippen LogP contribution in [0, 0.1) is 0 Å². The summed E-state index contributed by atoms with van der Waals surface area (Å²) in [5.74, 6) is 0. The zero-order valence-corrected chi connectivity index (χ0v) is 7.05. The monoisotopic (exact) mass is 200 g/mol. The van der Waals surface area contributed by atoms with Gasteiger partial charge in [-0.1, -0.05) is 30.3 Å². The molecule has 1 unspecified atom stereocenters. The highest BCUT2D eigenvalue weighted by Crippen LogP contribution is 2.45. The van der Waals surface area contributed by atoms with Crippen LogP contribution in [-0.4, -0.2) is 11.3 Å². The van der Waals surface area contributed by atoms with Crippen molar-refractivity contribution in [2.45, 2.75) is 11.8 Å². The summed E-state index contributed by atoms with van der Waals surface area (Å²) < 4.78 is 37.6. The van der Waals surface area contributed by atoms with Gasteiger partial charge in [0.1, 0.15) is 0 Å². The SMILES string of the molecule is OC1(C(F)(F)F)C=Cc2ccccc21. The molecule has 1 aliphatic carbocycles. The molecular formula is C10H7F3O. The van der Waals surface area contributed by atoms with Gasteiger partial charge in [0.15, 0.2) is 0 Å². The first-order valence-electron chi connectivity index (χ1n) is 4.03. The minimum Gasteiger partial charge on any atom is -0.373 e. The Labute approximate surface area is 78.5 Å². The molecule has 1 nitrogen and oxygen atoms in total. The first-order chi connectivity index (χ1) is 6.45. The lowest BCUT2D eigenvalue weighted by atomic mass is 9.95. The Hall–Kier alpha value is -1.29. The molecule has 0 heterocycles. The molecule has 0 aromatic heterocycles. The summed E-state index contributed by atoms with van der Waals surface area (Å²) in [6, 6.07) is 5.92. The van der Waals surface area contributed by atoms with Crippen LogP contribution in [0.5, 0.6) is 0 Å². The van der Waals surface area contributed by atoms with Crippen LogP contribution < -0.4 is 0 Å². The molecule has 74 valence electrons. The molecule has 0 saturated heterocycles. The Kier molecular flexibility index (Phi) is 1.72. The molecule has 1 aromatic carbocycles. The number of alkyl halides is 3. The maximum absolute atomic E-state index is 12.5. The van der Waals surface area contributed by atoms with Crippen molar-refractivity contribution in [1.29, 1.82) is 0 Å². The van der Waals surface area contributed by atoms with Crippen molar-refractivity contribution in [3.63, 3.8) is 0 Å². The third-order valence-electron chi connectivity index (χ3n) is 2.31. The largest absolute Gasteiger partial charge is 0.425 e. The zero-order chi connectivity index (χ0) is 10.4. The molecule has 0 amide bonds. The standard InChI is InChI=1S/C10H7F3O/c11-10(12,13)9(14)6-5-7-3-1-2-4-8(7)9/h1-6,14H. The molecule has 0 spiro atoms. The van der Waals surface area contributed by atoms with Crippen molar-refractivity contribution in [1.82, 2.24) is 0 Å². The summed E-state index contributed by atoms with van der Waals surface area (Å²) in [5, 5.41) is 9.47. The summed E-state index contributed by atoms with van der Waals surface area (Å²) in [5.41, 5.74) is -2.51. The lowest BCUT2D eigenvalue weighted by Crippen LogP contribution is -2.39. The molecular weight excluding hydrogens is 193 g/mol. The number of hydrogen-bond acceptors (Lipinski definition) is 1. The van der Waals surface area contributed by atoms with Crippen molar-refractivity contribution in [3.05, 3.63) is 41.5 Å². The average Bonchev–Trinajstić information content (AvgIpc) is 2.45.